The minimum Gasteiger partial charge on any atom is -0.382 e. The third-order valence-electron chi connectivity index (χ3n) is 3.82. The van der Waals surface area contributed by atoms with Gasteiger partial charge in [-0.15, -0.1) is 0 Å². The van der Waals surface area contributed by atoms with Gasteiger partial charge in [-0.3, -0.25) is 0 Å². The molecule has 0 bridgehead atoms. The van der Waals surface area contributed by atoms with E-state index in [0.717, 1.165) is 0 Å². The van der Waals surface area contributed by atoms with E-state index < -0.39 is 22.0 Å². The lowest BCUT2D eigenvalue weighted by Gasteiger charge is -2.11. The van der Waals surface area contributed by atoms with Gasteiger partial charge in [0, 0.05) is 11.3 Å². The Bertz CT molecular complexity index is 876. The second-order valence-electron chi connectivity index (χ2n) is 5.71. The van der Waals surface area contributed by atoms with Crippen molar-refractivity contribution in [1.82, 2.24) is 0 Å². The first-order valence-electron chi connectivity index (χ1n) is 7.46. The van der Waals surface area contributed by atoms with Gasteiger partial charge in [0.05, 0.1) is 21.2 Å². The minimum atomic E-state index is -4.45. The van der Waals surface area contributed by atoms with Crippen LogP contribution in [0.4, 0.5) is 13.2 Å². The summed E-state index contributed by atoms with van der Waals surface area (Å²) in [5.74, 6) is 0.0332. The summed E-state index contributed by atoms with van der Waals surface area (Å²) >= 11 is 0. The molecule has 132 valence electrons. The summed E-state index contributed by atoms with van der Waals surface area (Å²) in [4.78, 5) is 4.89. The van der Waals surface area contributed by atoms with Gasteiger partial charge in [-0.25, -0.2) is 8.99 Å². The minimum absolute atomic E-state index is 0.0332. The lowest BCUT2D eigenvalue weighted by Crippen LogP contribution is -2.28. The molecule has 3 rings (SSSR count). The lowest BCUT2D eigenvalue weighted by atomic mass is 10.0. The molecule has 0 aromatic heterocycles. The van der Waals surface area contributed by atoms with E-state index in [2.05, 4.69) is 9.99 Å². The smallest absolute Gasteiger partial charge is 0.382 e. The maximum Gasteiger partial charge on any atom is 0.428 e. The van der Waals surface area contributed by atoms with Crippen LogP contribution in [0, 0.1) is 4.78 Å². The molecule has 2 unspecified atom stereocenters. The largest absolute Gasteiger partial charge is 0.428 e. The first-order valence-corrected chi connectivity index (χ1v) is 9.19. The molecule has 0 aliphatic carbocycles. The summed E-state index contributed by atoms with van der Waals surface area (Å²) in [6.45, 7) is 0. The van der Waals surface area contributed by atoms with Crippen LogP contribution in [-0.4, -0.2) is 22.2 Å². The van der Waals surface area contributed by atoms with E-state index in [1.807, 2.05) is 0 Å². The van der Waals surface area contributed by atoms with Crippen LogP contribution in [0.3, 0.4) is 0 Å². The lowest BCUT2D eigenvalue weighted by molar-refractivity contribution is -0.212. The average Bonchev–Trinajstić information content (AvgIpc) is 3.06. The summed E-state index contributed by atoms with van der Waals surface area (Å²) < 4.78 is 58.5. The van der Waals surface area contributed by atoms with E-state index in [0.29, 0.717) is 16.0 Å². The summed E-state index contributed by atoms with van der Waals surface area (Å²) in [6, 6.07) is 15.0. The van der Waals surface area contributed by atoms with Gasteiger partial charge >= 0.3 is 6.18 Å². The topological polar surface area (TPSA) is 62.5 Å². The van der Waals surface area contributed by atoms with E-state index in [-0.39, 0.29) is 17.9 Å². The first-order chi connectivity index (χ1) is 11.8. The van der Waals surface area contributed by atoms with Gasteiger partial charge < -0.3 is 4.84 Å². The van der Waals surface area contributed by atoms with Crippen LogP contribution in [0.15, 0.2) is 64.6 Å². The van der Waals surface area contributed by atoms with Crippen LogP contribution >= 0.6 is 0 Å². The van der Waals surface area contributed by atoms with Crippen molar-refractivity contribution in [2.75, 3.05) is 0 Å². The molecule has 2 atom stereocenters. The van der Waals surface area contributed by atoms with Crippen LogP contribution in [0.5, 0.6) is 0 Å². The zero-order valence-electron chi connectivity index (χ0n) is 13.0. The number of halogens is 3. The molecule has 1 heterocycles. The van der Waals surface area contributed by atoms with Gasteiger partial charge in [0.25, 0.3) is 0 Å². The van der Waals surface area contributed by atoms with Crippen LogP contribution in [0.2, 0.25) is 0 Å². The number of alkyl halides is 3. The predicted octanol–water partition coefficient (Wildman–Crippen LogP) is 4.35. The monoisotopic (exact) mass is 368 g/mol. The van der Waals surface area contributed by atoms with Crippen molar-refractivity contribution in [3.63, 3.8) is 0 Å². The molecule has 0 saturated heterocycles. The fourth-order valence-electron chi connectivity index (χ4n) is 2.48. The molecule has 0 amide bonds. The third-order valence-corrected chi connectivity index (χ3v) is 5.59. The van der Waals surface area contributed by atoms with Crippen molar-refractivity contribution < 1.29 is 22.2 Å². The normalized spacial score (nSPS) is 19.8. The SMILES string of the molecule is N=S(=O)(Cc1ccc(C2=NOC(C(F)(F)F)C2)cc1)c1ccccc1. The van der Waals surface area contributed by atoms with Gasteiger partial charge in [0.15, 0.2) is 0 Å². The molecule has 25 heavy (non-hydrogen) atoms. The number of benzene rings is 2. The standard InChI is InChI=1S/C17H15F3N2O2S/c18-17(19,20)16-10-15(22-24-16)13-8-6-12(7-9-13)11-25(21,23)14-4-2-1-3-5-14/h1-9,16,21H,10-11H2. The number of oxime groups is 1. The van der Waals surface area contributed by atoms with Crippen molar-refractivity contribution in [2.45, 2.75) is 29.3 Å². The molecule has 0 fully saturated rings. The molecule has 0 radical (unpaired) electrons. The zero-order chi connectivity index (χ0) is 18.1. The number of hydrogen-bond acceptors (Lipinski definition) is 4. The predicted molar refractivity (Wildman–Crippen MR) is 87.8 cm³/mol. The fraction of sp³-hybridized carbons (Fsp3) is 0.235. The van der Waals surface area contributed by atoms with Crippen molar-refractivity contribution in [1.29, 1.82) is 4.78 Å². The van der Waals surface area contributed by atoms with E-state index >= 15 is 0 Å². The molecule has 1 aliphatic rings. The summed E-state index contributed by atoms with van der Waals surface area (Å²) in [5.41, 5.74) is 1.41. The maximum atomic E-state index is 12.6. The van der Waals surface area contributed by atoms with Crippen LogP contribution in [0.1, 0.15) is 17.5 Å². The van der Waals surface area contributed by atoms with Crippen molar-refractivity contribution in [3.05, 3.63) is 65.7 Å². The number of hydrogen-bond donors (Lipinski definition) is 1. The molecule has 1 N–H and O–H groups in total. The highest BCUT2D eigenvalue weighted by atomic mass is 32.2. The van der Waals surface area contributed by atoms with Crippen LogP contribution in [0.25, 0.3) is 0 Å². The van der Waals surface area contributed by atoms with E-state index in [1.165, 1.54) is 0 Å². The Kier molecular flexibility index (Phi) is 4.55. The van der Waals surface area contributed by atoms with Gasteiger partial charge in [0.2, 0.25) is 6.10 Å². The fourth-order valence-corrected chi connectivity index (χ4v) is 3.90. The van der Waals surface area contributed by atoms with Crippen LogP contribution < -0.4 is 0 Å². The number of nitrogens with zero attached hydrogens (tertiary/aromatic N) is 1. The second kappa shape index (κ2) is 6.51. The van der Waals surface area contributed by atoms with Crippen molar-refractivity contribution in [2.24, 2.45) is 5.16 Å². The van der Waals surface area contributed by atoms with E-state index in [1.54, 1.807) is 54.6 Å². The Morgan fingerprint density at radius 1 is 1.12 bits per heavy atom. The van der Waals surface area contributed by atoms with Crippen molar-refractivity contribution in [3.8, 4) is 0 Å². The Morgan fingerprint density at radius 3 is 2.32 bits per heavy atom. The number of rotatable bonds is 4. The summed E-state index contributed by atoms with van der Waals surface area (Å²) in [5, 5.41) is 3.51. The number of nitrogens with one attached hydrogen (secondary N) is 1. The third kappa shape index (κ3) is 4.01. The molecule has 8 heteroatoms. The quantitative estimate of drug-likeness (QED) is 0.872. The van der Waals surface area contributed by atoms with Gasteiger partial charge in [-0.05, 0) is 23.3 Å². The Morgan fingerprint density at radius 2 is 1.76 bits per heavy atom. The summed E-state index contributed by atoms with van der Waals surface area (Å²) in [7, 11) is -2.98. The molecule has 2 aromatic carbocycles. The molecule has 4 nitrogen and oxygen atoms in total. The second-order valence-corrected chi connectivity index (χ2v) is 7.82. The first kappa shape index (κ1) is 17.5. The molecular weight excluding hydrogens is 353 g/mol. The van der Waals surface area contributed by atoms with Crippen molar-refractivity contribution >= 4 is 15.4 Å². The van der Waals surface area contributed by atoms with E-state index in [4.69, 9.17) is 4.78 Å². The zero-order valence-corrected chi connectivity index (χ0v) is 13.8. The highest BCUT2D eigenvalue weighted by Crippen LogP contribution is 2.30. The van der Waals surface area contributed by atoms with Gasteiger partial charge in [-0.1, -0.05) is 47.6 Å². The maximum absolute atomic E-state index is 12.6. The molecular formula is C17H15F3N2O2S. The highest BCUT2D eigenvalue weighted by molar-refractivity contribution is 7.91. The summed E-state index contributed by atoms with van der Waals surface area (Å²) in [6.07, 6.45) is -6.69. The Labute approximate surface area is 143 Å². The Balaban J connectivity index is 1.72. The van der Waals surface area contributed by atoms with Crippen LogP contribution in [-0.2, 0) is 20.3 Å². The Hall–Kier alpha value is -2.35. The molecule has 2 aromatic rings. The van der Waals surface area contributed by atoms with Gasteiger partial charge in [0.1, 0.15) is 0 Å². The van der Waals surface area contributed by atoms with E-state index in [9.17, 15) is 17.4 Å². The highest BCUT2D eigenvalue weighted by Gasteiger charge is 2.45. The van der Waals surface area contributed by atoms with Gasteiger partial charge in [-0.2, -0.15) is 13.2 Å². The molecule has 1 aliphatic heterocycles. The molecule has 0 spiro atoms. The molecule has 0 saturated carbocycles. The average molecular weight is 368 g/mol.